The Kier molecular flexibility index (Phi) is 6.59. The van der Waals surface area contributed by atoms with Gasteiger partial charge in [-0.25, -0.2) is 8.42 Å². The monoisotopic (exact) mass is 474 g/mol. The van der Waals surface area contributed by atoms with Gasteiger partial charge in [-0.1, -0.05) is 42.2 Å². The summed E-state index contributed by atoms with van der Waals surface area (Å²) in [6.45, 7) is 2.52. The van der Waals surface area contributed by atoms with Crippen molar-refractivity contribution in [2.75, 3.05) is 11.9 Å². The largest absolute Gasteiger partial charge is 0.403 e. The lowest BCUT2D eigenvalue weighted by Crippen LogP contribution is -2.43. The van der Waals surface area contributed by atoms with Crippen molar-refractivity contribution in [2.45, 2.75) is 43.5 Å². The summed E-state index contributed by atoms with van der Waals surface area (Å²) in [7, 11) is -3.61. The third kappa shape index (κ3) is 4.55. The second kappa shape index (κ2) is 9.40. The van der Waals surface area contributed by atoms with Gasteiger partial charge in [-0.15, -0.1) is 5.10 Å². The van der Waals surface area contributed by atoms with Gasteiger partial charge in [-0.2, -0.15) is 4.31 Å². The topological polar surface area (TPSA) is 105 Å². The smallest absolute Gasteiger partial charge is 0.322 e. The molecule has 2 aromatic carbocycles. The van der Waals surface area contributed by atoms with Crippen LogP contribution >= 0.6 is 11.6 Å². The van der Waals surface area contributed by atoms with Crippen molar-refractivity contribution < 1.29 is 17.6 Å². The van der Waals surface area contributed by atoms with E-state index in [-0.39, 0.29) is 28.4 Å². The minimum atomic E-state index is -3.61. The lowest BCUT2D eigenvalue weighted by molar-refractivity contribution is 0.102. The molecular weight excluding hydrogens is 452 g/mol. The number of benzene rings is 2. The molecule has 1 N–H and O–H groups in total. The molecule has 0 bridgehead atoms. The zero-order valence-corrected chi connectivity index (χ0v) is 19.1. The number of piperidine rings is 1. The Morgan fingerprint density at radius 2 is 1.91 bits per heavy atom. The highest BCUT2D eigenvalue weighted by Gasteiger charge is 2.32. The molecule has 8 nitrogen and oxygen atoms in total. The number of sulfonamides is 1. The van der Waals surface area contributed by atoms with Crippen LogP contribution in [0.3, 0.4) is 0 Å². The number of anilines is 1. The van der Waals surface area contributed by atoms with Crippen molar-refractivity contribution in [1.29, 1.82) is 0 Å². The third-order valence-corrected chi connectivity index (χ3v) is 7.81. The number of carbonyl (C=O) groups is 1. The molecule has 0 aliphatic carbocycles. The van der Waals surface area contributed by atoms with Crippen molar-refractivity contribution >= 4 is 33.5 Å². The molecule has 32 heavy (non-hydrogen) atoms. The average Bonchev–Trinajstić information content (AvgIpc) is 3.27. The molecule has 10 heteroatoms. The number of hydrogen-bond acceptors (Lipinski definition) is 6. The summed E-state index contributed by atoms with van der Waals surface area (Å²) in [5.41, 5.74) is 0.826. The van der Waals surface area contributed by atoms with Crippen LogP contribution in [0.2, 0.25) is 5.02 Å². The van der Waals surface area contributed by atoms with E-state index in [2.05, 4.69) is 15.5 Å². The van der Waals surface area contributed by atoms with E-state index in [1.165, 1.54) is 24.3 Å². The van der Waals surface area contributed by atoms with E-state index in [4.69, 9.17) is 16.0 Å². The van der Waals surface area contributed by atoms with Crippen molar-refractivity contribution in [3.05, 3.63) is 59.1 Å². The molecule has 1 aliphatic heterocycles. The van der Waals surface area contributed by atoms with E-state index in [1.54, 1.807) is 28.6 Å². The Labute approximate surface area is 191 Å². The fraction of sp³-hybridized carbons (Fsp3) is 0.318. The van der Waals surface area contributed by atoms with E-state index >= 15 is 0 Å². The molecule has 1 fully saturated rings. The molecule has 3 aromatic rings. The highest BCUT2D eigenvalue weighted by Crippen LogP contribution is 2.28. The van der Waals surface area contributed by atoms with Crippen LogP contribution in [0.15, 0.2) is 57.8 Å². The van der Waals surface area contributed by atoms with Gasteiger partial charge in [0.05, 0.1) is 15.5 Å². The summed E-state index contributed by atoms with van der Waals surface area (Å²) >= 11 is 6.13. The first-order chi connectivity index (χ1) is 15.4. The molecule has 1 aliphatic rings. The first-order valence-electron chi connectivity index (χ1n) is 10.4. The second-order valence-corrected chi connectivity index (χ2v) is 9.84. The molecule has 2 heterocycles. The second-order valence-electron chi connectivity index (χ2n) is 7.54. The molecule has 4 rings (SSSR count). The molecule has 168 valence electrons. The molecule has 0 unspecified atom stereocenters. The van der Waals surface area contributed by atoms with Gasteiger partial charge in [0.1, 0.15) is 0 Å². The van der Waals surface area contributed by atoms with Crippen molar-refractivity contribution in [1.82, 2.24) is 14.5 Å². The molecular formula is C22H23ClN4O4S. The van der Waals surface area contributed by atoms with Gasteiger partial charge in [-0.05, 0) is 55.7 Å². The predicted octanol–water partition coefficient (Wildman–Crippen LogP) is 4.60. The standard InChI is InChI=1S/C22H23ClN4O4S/c1-2-16-7-5-6-14-27(16)32(29,30)17-12-10-15(11-13-17)20(28)24-22-26-25-21(31-22)18-8-3-4-9-19(18)23/h3-4,8-13,16H,2,5-7,14H2,1H3,(H,24,26,28)/t16-/m1/s1. The quantitative estimate of drug-likeness (QED) is 0.559. The van der Waals surface area contributed by atoms with E-state index in [0.29, 0.717) is 17.1 Å². The Hall–Kier alpha value is -2.75. The number of rotatable bonds is 6. The summed E-state index contributed by atoms with van der Waals surface area (Å²) in [6, 6.07) is 12.8. The summed E-state index contributed by atoms with van der Waals surface area (Å²) in [6.07, 6.45) is 3.55. The minimum Gasteiger partial charge on any atom is -0.403 e. The number of nitrogens with zero attached hydrogens (tertiary/aromatic N) is 3. The fourth-order valence-electron chi connectivity index (χ4n) is 3.80. The van der Waals surface area contributed by atoms with Gasteiger partial charge in [-0.3, -0.25) is 10.1 Å². The Bertz CT molecular complexity index is 1210. The maximum Gasteiger partial charge on any atom is 0.322 e. The highest BCUT2D eigenvalue weighted by molar-refractivity contribution is 7.89. The van der Waals surface area contributed by atoms with Crippen LogP contribution in [-0.4, -0.2) is 41.4 Å². The van der Waals surface area contributed by atoms with Crippen molar-refractivity contribution in [3.8, 4) is 11.5 Å². The zero-order chi connectivity index (χ0) is 22.7. The highest BCUT2D eigenvalue weighted by atomic mass is 35.5. The summed E-state index contributed by atoms with van der Waals surface area (Å²) < 4.78 is 33.2. The number of aromatic nitrogens is 2. The lowest BCUT2D eigenvalue weighted by atomic mass is 10.0. The maximum atomic E-state index is 13.1. The third-order valence-electron chi connectivity index (χ3n) is 5.52. The SMILES string of the molecule is CC[C@@H]1CCCCN1S(=O)(=O)c1ccc(C(=O)Nc2nnc(-c3ccccc3Cl)o2)cc1. The Balaban J connectivity index is 1.47. The van der Waals surface area contributed by atoms with Crippen LogP contribution in [0.1, 0.15) is 43.0 Å². The van der Waals surface area contributed by atoms with E-state index in [1.807, 2.05) is 6.92 Å². The van der Waals surface area contributed by atoms with Gasteiger partial charge < -0.3 is 4.42 Å². The number of nitrogens with one attached hydrogen (secondary N) is 1. The molecule has 1 saturated heterocycles. The van der Waals surface area contributed by atoms with Crippen LogP contribution in [0, 0.1) is 0 Å². The van der Waals surface area contributed by atoms with Crippen LogP contribution < -0.4 is 5.32 Å². The van der Waals surface area contributed by atoms with E-state index < -0.39 is 15.9 Å². The van der Waals surface area contributed by atoms with Gasteiger partial charge in [0.25, 0.3) is 11.8 Å². The first kappa shape index (κ1) is 22.4. The fourth-order valence-corrected chi connectivity index (χ4v) is 5.78. The first-order valence-corrected chi connectivity index (χ1v) is 12.2. The molecule has 0 saturated carbocycles. The zero-order valence-electron chi connectivity index (χ0n) is 17.5. The van der Waals surface area contributed by atoms with Crippen molar-refractivity contribution in [3.63, 3.8) is 0 Å². The van der Waals surface area contributed by atoms with Crippen LogP contribution in [-0.2, 0) is 10.0 Å². The number of carbonyl (C=O) groups excluding carboxylic acids is 1. The minimum absolute atomic E-state index is 0.0153. The van der Waals surface area contributed by atoms with Crippen LogP contribution in [0.5, 0.6) is 0 Å². The summed E-state index contributed by atoms with van der Waals surface area (Å²) in [4.78, 5) is 12.7. The predicted molar refractivity (Wildman–Crippen MR) is 121 cm³/mol. The number of halogens is 1. The summed E-state index contributed by atoms with van der Waals surface area (Å²) in [5, 5.41) is 10.7. The Morgan fingerprint density at radius 3 is 2.62 bits per heavy atom. The van der Waals surface area contributed by atoms with E-state index in [9.17, 15) is 13.2 Å². The van der Waals surface area contributed by atoms with Gasteiger partial charge in [0.2, 0.25) is 10.0 Å². The Morgan fingerprint density at radius 1 is 1.16 bits per heavy atom. The lowest BCUT2D eigenvalue weighted by Gasteiger charge is -2.34. The van der Waals surface area contributed by atoms with Crippen LogP contribution in [0.25, 0.3) is 11.5 Å². The summed E-state index contributed by atoms with van der Waals surface area (Å²) in [5.74, 6) is -0.313. The number of amides is 1. The average molecular weight is 475 g/mol. The van der Waals surface area contributed by atoms with Gasteiger partial charge >= 0.3 is 6.01 Å². The van der Waals surface area contributed by atoms with Gasteiger partial charge in [0, 0.05) is 18.2 Å². The maximum absolute atomic E-state index is 13.1. The molecule has 1 aromatic heterocycles. The van der Waals surface area contributed by atoms with Crippen LogP contribution in [0.4, 0.5) is 6.01 Å². The van der Waals surface area contributed by atoms with Crippen molar-refractivity contribution in [2.24, 2.45) is 0 Å². The van der Waals surface area contributed by atoms with Gasteiger partial charge in [0.15, 0.2) is 0 Å². The number of hydrogen-bond donors (Lipinski definition) is 1. The molecule has 0 radical (unpaired) electrons. The molecule has 1 amide bonds. The normalized spacial score (nSPS) is 17.2. The molecule has 1 atom stereocenters. The molecule has 0 spiro atoms. The van der Waals surface area contributed by atoms with E-state index in [0.717, 1.165) is 25.7 Å².